The topological polar surface area (TPSA) is 29.0 Å². The van der Waals surface area contributed by atoms with Crippen molar-refractivity contribution in [3.63, 3.8) is 0 Å². The maximum atomic E-state index is 6.14. The number of rotatable bonds is 3. The third-order valence-electron chi connectivity index (χ3n) is 2.68. The van der Waals surface area contributed by atoms with Gasteiger partial charge in [0.2, 0.25) is 0 Å². The van der Waals surface area contributed by atoms with E-state index >= 15 is 0 Å². The molecule has 0 amide bonds. The van der Waals surface area contributed by atoms with Gasteiger partial charge in [0.05, 0.1) is 0 Å². The third-order valence-corrected chi connectivity index (χ3v) is 3.95. The molecule has 1 saturated heterocycles. The molecule has 1 fully saturated rings. The van der Waals surface area contributed by atoms with Crippen molar-refractivity contribution < 1.29 is 0 Å². The number of thioether (sulfide) groups is 1. The van der Waals surface area contributed by atoms with Crippen LogP contribution >= 0.6 is 23.4 Å². The summed E-state index contributed by atoms with van der Waals surface area (Å²) in [6.07, 6.45) is 3.60. The van der Waals surface area contributed by atoms with Crippen LogP contribution in [0.4, 0.5) is 5.82 Å². The first-order chi connectivity index (χ1) is 7.83. The van der Waals surface area contributed by atoms with Crippen LogP contribution in [-0.4, -0.2) is 34.6 Å². The van der Waals surface area contributed by atoms with Crippen LogP contribution in [0, 0.1) is 0 Å². The first kappa shape index (κ1) is 12.0. The minimum atomic E-state index is 0.616. The highest BCUT2D eigenvalue weighted by molar-refractivity contribution is 7.99. The number of hydrogen-bond acceptors (Lipinski definition) is 4. The maximum Gasteiger partial charge on any atom is 0.137 e. The van der Waals surface area contributed by atoms with Gasteiger partial charge in [0.1, 0.15) is 17.3 Å². The first-order valence-corrected chi connectivity index (χ1v) is 7.18. The normalized spacial score (nSPS) is 16.5. The monoisotopic (exact) mass is 257 g/mol. The zero-order valence-corrected chi connectivity index (χ0v) is 11.0. The van der Waals surface area contributed by atoms with Gasteiger partial charge in [0.25, 0.3) is 0 Å². The molecule has 0 saturated carbocycles. The fourth-order valence-corrected chi connectivity index (χ4v) is 3.02. The Morgan fingerprint density at radius 1 is 1.38 bits per heavy atom. The van der Waals surface area contributed by atoms with E-state index in [1.165, 1.54) is 11.5 Å². The van der Waals surface area contributed by atoms with Crippen LogP contribution in [0.5, 0.6) is 0 Å². The van der Waals surface area contributed by atoms with Gasteiger partial charge in [-0.3, -0.25) is 0 Å². The number of hydrogen-bond donors (Lipinski definition) is 0. The zero-order chi connectivity index (χ0) is 11.4. The molecule has 1 aliphatic rings. The van der Waals surface area contributed by atoms with Crippen molar-refractivity contribution in [1.82, 2.24) is 9.97 Å². The van der Waals surface area contributed by atoms with Gasteiger partial charge in [0, 0.05) is 30.2 Å². The molecule has 0 atom stereocenters. The van der Waals surface area contributed by atoms with E-state index in [9.17, 15) is 0 Å². The minimum absolute atomic E-state index is 0.616. The molecule has 16 heavy (non-hydrogen) atoms. The molecule has 0 aromatic carbocycles. The van der Waals surface area contributed by atoms with Crippen LogP contribution in [-0.2, 0) is 6.42 Å². The second-order valence-electron chi connectivity index (χ2n) is 3.82. The van der Waals surface area contributed by atoms with Crippen LogP contribution < -0.4 is 4.90 Å². The standard InChI is InChI=1S/C11H16ClN3S/c1-2-3-9-10(12)13-8-14-11(9)15-4-6-16-7-5-15/h8H,2-7H2,1H3. The predicted molar refractivity (Wildman–Crippen MR) is 70.6 cm³/mol. The fraction of sp³-hybridized carbons (Fsp3) is 0.636. The van der Waals surface area contributed by atoms with Crippen LogP contribution in [0.3, 0.4) is 0 Å². The van der Waals surface area contributed by atoms with Crippen molar-refractivity contribution >= 4 is 29.2 Å². The third kappa shape index (κ3) is 2.61. The summed E-state index contributed by atoms with van der Waals surface area (Å²) >= 11 is 8.14. The van der Waals surface area contributed by atoms with Crippen LogP contribution in [0.2, 0.25) is 5.15 Å². The lowest BCUT2D eigenvalue weighted by Crippen LogP contribution is -2.34. The highest BCUT2D eigenvalue weighted by atomic mass is 35.5. The van der Waals surface area contributed by atoms with Crippen molar-refractivity contribution in [3.05, 3.63) is 17.0 Å². The predicted octanol–water partition coefficient (Wildman–Crippen LogP) is 2.64. The Hall–Kier alpha value is -0.480. The van der Waals surface area contributed by atoms with Crippen molar-refractivity contribution in [2.24, 2.45) is 0 Å². The van der Waals surface area contributed by atoms with E-state index in [0.717, 1.165) is 37.3 Å². The number of halogens is 1. The lowest BCUT2D eigenvalue weighted by molar-refractivity contribution is 0.807. The van der Waals surface area contributed by atoms with Crippen LogP contribution in [0.25, 0.3) is 0 Å². The molecule has 0 aliphatic carbocycles. The Balaban J connectivity index is 2.27. The molecule has 0 N–H and O–H groups in total. The van der Waals surface area contributed by atoms with E-state index < -0.39 is 0 Å². The van der Waals surface area contributed by atoms with Gasteiger partial charge in [-0.15, -0.1) is 0 Å². The quantitative estimate of drug-likeness (QED) is 0.779. The molecule has 1 aliphatic heterocycles. The van der Waals surface area contributed by atoms with Gasteiger partial charge in [-0.05, 0) is 6.42 Å². The second kappa shape index (κ2) is 5.73. The van der Waals surface area contributed by atoms with E-state index in [1.807, 2.05) is 11.8 Å². The summed E-state index contributed by atoms with van der Waals surface area (Å²) in [5.74, 6) is 3.39. The lowest BCUT2D eigenvalue weighted by atomic mass is 10.1. The summed E-state index contributed by atoms with van der Waals surface area (Å²) in [4.78, 5) is 10.8. The van der Waals surface area contributed by atoms with Crippen molar-refractivity contribution in [2.45, 2.75) is 19.8 Å². The van der Waals surface area contributed by atoms with E-state index in [1.54, 1.807) is 6.33 Å². The Kier molecular flexibility index (Phi) is 4.29. The highest BCUT2D eigenvalue weighted by Gasteiger charge is 2.17. The molecular weight excluding hydrogens is 242 g/mol. The molecule has 0 radical (unpaired) electrons. The summed E-state index contributed by atoms with van der Waals surface area (Å²) < 4.78 is 0. The van der Waals surface area contributed by atoms with E-state index in [2.05, 4.69) is 21.8 Å². The molecular formula is C11H16ClN3S. The molecule has 88 valence electrons. The van der Waals surface area contributed by atoms with Crippen molar-refractivity contribution in [3.8, 4) is 0 Å². The van der Waals surface area contributed by atoms with Gasteiger partial charge in [-0.2, -0.15) is 11.8 Å². The van der Waals surface area contributed by atoms with Crippen molar-refractivity contribution in [1.29, 1.82) is 0 Å². The Morgan fingerprint density at radius 3 is 2.81 bits per heavy atom. The largest absolute Gasteiger partial charge is 0.355 e. The fourth-order valence-electron chi connectivity index (χ4n) is 1.89. The summed E-state index contributed by atoms with van der Waals surface area (Å²) in [6.45, 7) is 4.28. The zero-order valence-electron chi connectivity index (χ0n) is 9.45. The first-order valence-electron chi connectivity index (χ1n) is 5.65. The summed E-state index contributed by atoms with van der Waals surface area (Å²) in [6, 6.07) is 0. The molecule has 0 spiro atoms. The van der Waals surface area contributed by atoms with Gasteiger partial charge >= 0.3 is 0 Å². The Labute approximate surface area is 106 Å². The van der Waals surface area contributed by atoms with E-state index in [0.29, 0.717) is 5.15 Å². The minimum Gasteiger partial charge on any atom is -0.355 e. The lowest BCUT2D eigenvalue weighted by Gasteiger charge is -2.29. The molecule has 0 unspecified atom stereocenters. The maximum absolute atomic E-state index is 6.14. The molecule has 3 nitrogen and oxygen atoms in total. The van der Waals surface area contributed by atoms with Crippen molar-refractivity contribution in [2.75, 3.05) is 29.5 Å². The SMILES string of the molecule is CCCc1c(Cl)ncnc1N1CCSCC1. The van der Waals surface area contributed by atoms with Gasteiger partial charge in [-0.1, -0.05) is 24.9 Å². The molecule has 2 rings (SSSR count). The summed E-state index contributed by atoms with van der Waals surface area (Å²) in [5, 5.41) is 0.616. The molecule has 5 heteroatoms. The number of nitrogens with zero attached hydrogens (tertiary/aromatic N) is 3. The average Bonchev–Trinajstić information content (AvgIpc) is 2.33. The average molecular weight is 258 g/mol. The van der Waals surface area contributed by atoms with E-state index in [-0.39, 0.29) is 0 Å². The highest BCUT2D eigenvalue weighted by Crippen LogP contribution is 2.26. The smallest absolute Gasteiger partial charge is 0.137 e. The summed E-state index contributed by atoms with van der Waals surface area (Å²) in [5.41, 5.74) is 1.11. The van der Waals surface area contributed by atoms with E-state index in [4.69, 9.17) is 11.6 Å². The molecule has 1 aromatic heterocycles. The molecule has 0 bridgehead atoms. The van der Waals surface area contributed by atoms with Crippen LogP contribution in [0.1, 0.15) is 18.9 Å². The van der Waals surface area contributed by atoms with Gasteiger partial charge in [-0.25, -0.2) is 9.97 Å². The Bertz CT molecular complexity index is 353. The molecule has 2 heterocycles. The number of anilines is 1. The summed E-state index contributed by atoms with van der Waals surface area (Å²) in [7, 11) is 0. The second-order valence-corrected chi connectivity index (χ2v) is 5.40. The van der Waals surface area contributed by atoms with Gasteiger partial charge < -0.3 is 4.90 Å². The Morgan fingerprint density at radius 2 is 2.12 bits per heavy atom. The number of aromatic nitrogens is 2. The van der Waals surface area contributed by atoms with Crippen LogP contribution in [0.15, 0.2) is 6.33 Å². The molecule has 1 aromatic rings. The van der Waals surface area contributed by atoms with Gasteiger partial charge in [0.15, 0.2) is 0 Å².